The van der Waals surface area contributed by atoms with Gasteiger partial charge in [0.2, 0.25) is 5.91 Å². The van der Waals surface area contributed by atoms with Crippen LogP contribution >= 0.6 is 0 Å². The Morgan fingerprint density at radius 3 is 2.80 bits per heavy atom. The second kappa shape index (κ2) is 8.30. The van der Waals surface area contributed by atoms with Gasteiger partial charge in [-0.05, 0) is 56.4 Å². The van der Waals surface area contributed by atoms with Crippen LogP contribution in [0.15, 0.2) is 54.9 Å². The highest BCUT2D eigenvalue weighted by Crippen LogP contribution is 2.17. The maximum atomic E-state index is 11.8. The Hall–Kier alpha value is -2.86. The van der Waals surface area contributed by atoms with Gasteiger partial charge in [-0.1, -0.05) is 6.07 Å². The molecular formula is C19H22N4O2. The van der Waals surface area contributed by atoms with Gasteiger partial charge in [-0.3, -0.25) is 4.79 Å². The lowest BCUT2D eigenvalue weighted by atomic mass is 10.2. The zero-order valence-corrected chi connectivity index (χ0v) is 14.2. The third kappa shape index (κ3) is 4.81. The average Bonchev–Trinajstić information content (AvgIpc) is 3.04. The molecule has 2 N–H and O–H groups in total. The van der Waals surface area contributed by atoms with Crippen LogP contribution in [0.5, 0.6) is 5.75 Å². The van der Waals surface area contributed by atoms with Crippen LogP contribution < -0.4 is 15.4 Å². The molecule has 2 heterocycles. The van der Waals surface area contributed by atoms with Gasteiger partial charge in [0.1, 0.15) is 18.0 Å². The Labute approximate surface area is 146 Å². The van der Waals surface area contributed by atoms with E-state index in [0.717, 1.165) is 35.7 Å². The lowest BCUT2D eigenvalue weighted by molar-refractivity contribution is -0.116. The molecule has 0 aliphatic heterocycles. The molecule has 0 aliphatic carbocycles. The Bertz CT molecular complexity index is 794. The number of rotatable bonds is 8. The van der Waals surface area contributed by atoms with Crippen molar-refractivity contribution in [3.63, 3.8) is 0 Å². The van der Waals surface area contributed by atoms with Crippen molar-refractivity contribution in [3.8, 4) is 5.75 Å². The van der Waals surface area contributed by atoms with Crippen LogP contribution in [0.2, 0.25) is 0 Å². The third-order valence-electron chi connectivity index (χ3n) is 3.77. The number of ether oxygens (including phenoxy) is 1. The van der Waals surface area contributed by atoms with E-state index < -0.39 is 0 Å². The quantitative estimate of drug-likeness (QED) is 0.620. The van der Waals surface area contributed by atoms with Gasteiger partial charge in [-0.15, -0.1) is 0 Å². The van der Waals surface area contributed by atoms with Crippen molar-refractivity contribution in [1.29, 1.82) is 0 Å². The van der Waals surface area contributed by atoms with Crippen molar-refractivity contribution < 1.29 is 9.53 Å². The summed E-state index contributed by atoms with van der Waals surface area (Å²) in [5.41, 5.74) is 2.54. The topological polar surface area (TPSA) is 67.7 Å². The molecule has 1 amide bonds. The number of aromatic nitrogens is 2. The number of carbonyl (C=O) groups is 1. The van der Waals surface area contributed by atoms with E-state index in [2.05, 4.69) is 15.6 Å². The van der Waals surface area contributed by atoms with Crippen molar-refractivity contribution in [1.82, 2.24) is 14.7 Å². The number of pyridine rings is 1. The Morgan fingerprint density at radius 1 is 1.20 bits per heavy atom. The van der Waals surface area contributed by atoms with Gasteiger partial charge in [0, 0.05) is 24.5 Å². The number of benzene rings is 1. The van der Waals surface area contributed by atoms with Crippen molar-refractivity contribution in [2.75, 3.05) is 18.9 Å². The fourth-order valence-electron chi connectivity index (χ4n) is 2.50. The first-order chi connectivity index (χ1) is 12.2. The van der Waals surface area contributed by atoms with Gasteiger partial charge in [0.25, 0.3) is 0 Å². The Kier molecular flexibility index (Phi) is 5.64. The Morgan fingerprint density at radius 2 is 2.04 bits per heavy atom. The standard InChI is InChI=1S/C19H22N4O2/c1-20-11-4-6-19(24)22-15-7-9-17(10-8-15)25-14-16-13-23-12-3-2-5-18(23)21-16/h2-3,5,7-10,12-13,20H,4,6,11,14H2,1H3,(H,22,24). The normalized spacial score (nSPS) is 10.8. The number of anilines is 1. The second-order valence-electron chi connectivity index (χ2n) is 5.77. The minimum atomic E-state index is 0.0219. The van der Waals surface area contributed by atoms with Crippen molar-refractivity contribution in [3.05, 3.63) is 60.6 Å². The first kappa shape index (κ1) is 17.0. The van der Waals surface area contributed by atoms with Crippen LogP contribution in [-0.2, 0) is 11.4 Å². The molecule has 0 fully saturated rings. The fourth-order valence-corrected chi connectivity index (χ4v) is 2.50. The van der Waals surface area contributed by atoms with Crippen LogP contribution in [0.3, 0.4) is 0 Å². The molecule has 2 aromatic heterocycles. The summed E-state index contributed by atoms with van der Waals surface area (Å²) in [5.74, 6) is 0.763. The minimum absolute atomic E-state index is 0.0219. The van der Waals surface area contributed by atoms with E-state index in [1.165, 1.54) is 0 Å². The highest BCUT2D eigenvalue weighted by atomic mass is 16.5. The smallest absolute Gasteiger partial charge is 0.224 e. The lowest BCUT2D eigenvalue weighted by Gasteiger charge is -2.07. The van der Waals surface area contributed by atoms with E-state index in [9.17, 15) is 4.79 Å². The Balaban J connectivity index is 1.51. The maximum Gasteiger partial charge on any atom is 0.224 e. The molecule has 0 saturated heterocycles. The first-order valence-corrected chi connectivity index (χ1v) is 8.34. The van der Waals surface area contributed by atoms with E-state index >= 15 is 0 Å². The highest BCUT2D eigenvalue weighted by molar-refractivity contribution is 5.90. The summed E-state index contributed by atoms with van der Waals surface area (Å²) in [6, 6.07) is 13.3. The molecule has 0 aliphatic rings. The summed E-state index contributed by atoms with van der Waals surface area (Å²) >= 11 is 0. The molecule has 0 radical (unpaired) electrons. The molecule has 6 heteroatoms. The second-order valence-corrected chi connectivity index (χ2v) is 5.77. The van der Waals surface area contributed by atoms with Crippen LogP contribution in [0.1, 0.15) is 18.5 Å². The highest BCUT2D eigenvalue weighted by Gasteiger charge is 2.04. The van der Waals surface area contributed by atoms with Gasteiger partial charge in [0.05, 0.1) is 5.69 Å². The van der Waals surface area contributed by atoms with Crippen molar-refractivity contribution in [2.45, 2.75) is 19.4 Å². The van der Waals surface area contributed by atoms with Gasteiger partial charge in [0.15, 0.2) is 0 Å². The number of fused-ring (bicyclic) bond motifs is 1. The van der Waals surface area contributed by atoms with E-state index in [4.69, 9.17) is 4.74 Å². The maximum absolute atomic E-state index is 11.8. The van der Waals surface area contributed by atoms with E-state index in [-0.39, 0.29) is 5.91 Å². The van der Waals surface area contributed by atoms with Crippen molar-refractivity contribution in [2.24, 2.45) is 0 Å². The molecule has 0 atom stereocenters. The molecule has 1 aromatic carbocycles. The van der Waals surface area contributed by atoms with E-state index in [0.29, 0.717) is 13.0 Å². The summed E-state index contributed by atoms with van der Waals surface area (Å²) in [6.45, 7) is 1.24. The number of nitrogens with zero attached hydrogens (tertiary/aromatic N) is 2. The molecule has 3 rings (SSSR count). The van der Waals surface area contributed by atoms with Gasteiger partial charge in [-0.2, -0.15) is 0 Å². The third-order valence-corrected chi connectivity index (χ3v) is 3.77. The first-order valence-electron chi connectivity index (χ1n) is 8.34. The van der Waals surface area contributed by atoms with Crippen LogP contribution in [0.4, 0.5) is 5.69 Å². The average molecular weight is 338 g/mol. The van der Waals surface area contributed by atoms with E-state index in [1.807, 2.05) is 66.3 Å². The van der Waals surface area contributed by atoms with Gasteiger partial charge in [-0.25, -0.2) is 4.98 Å². The number of nitrogens with one attached hydrogen (secondary N) is 2. The minimum Gasteiger partial charge on any atom is -0.487 e. The molecule has 0 unspecified atom stereocenters. The predicted molar refractivity (Wildman–Crippen MR) is 97.8 cm³/mol. The lowest BCUT2D eigenvalue weighted by Crippen LogP contribution is -2.15. The SMILES string of the molecule is CNCCCC(=O)Nc1ccc(OCc2cn3ccccc3n2)cc1. The van der Waals surface area contributed by atoms with Gasteiger partial charge >= 0.3 is 0 Å². The number of hydrogen-bond acceptors (Lipinski definition) is 4. The zero-order valence-electron chi connectivity index (χ0n) is 14.2. The molecular weight excluding hydrogens is 316 g/mol. The summed E-state index contributed by atoms with van der Waals surface area (Å²) in [5, 5.41) is 5.91. The number of amides is 1. The molecule has 0 saturated carbocycles. The molecule has 0 bridgehead atoms. The number of hydrogen-bond donors (Lipinski definition) is 2. The van der Waals surface area contributed by atoms with Gasteiger partial charge < -0.3 is 19.8 Å². The van der Waals surface area contributed by atoms with Crippen LogP contribution in [0.25, 0.3) is 5.65 Å². The predicted octanol–water partition coefficient (Wildman–Crippen LogP) is 2.85. The number of carbonyl (C=O) groups excluding carboxylic acids is 1. The fraction of sp³-hybridized carbons (Fsp3) is 0.263. The molecule has 3 aromatic rings. The monoisotopic (exact) mass is 338 g/mol. The van der Waals surface area contributed by atoms with Crippen molar-refractivity contribution >= 4 is 17.2 Å². The summed E-state index contributed by atoms with van der Waals surface area (Å²) in [7, 11) is 1.88. The summed E-state index contributed by atoms with van der Waals surface area (Å²) < 4.78 is 7.73. The van der Waals surface area contributed by atoms with Crippen LogP contribution in [-0.4, -0.2) is 28.9 Å². The molecule has 6 nitrogen and oxygen atoms in total. The zero-order chi connectivity index (χ0) is 17.5. The summed E-state index contributed by atoms with van der Waals surface area (Å²) in [6.07, 6.45) is 5.24. The number of imidazole rings is 1. The van der Waals surface area contributed by atoms with E-state index in [1.54, 1.807) is 0 Å². The largest absolute Gasteiger partial charge is 0.487 e. The molecule has 130 valence electrons. The molecule has 0 spiro atoms. The van der Waals surface area contributed by atoms with Crippen LogP contribution in [0, 0.1) is 0 Å². The molecule has 25 heavy (non-hydrogen) atoms. The summed E-state index contributed by atoms with van der Waals surface area (Å²) in [4.78, 5) is 16.3.